The van der Waals surface area contributed by atoms with Crippen LogP contribution in [0.1, 0.15) is 57.6 Å². The molecule has 2 N–H and O–H groups in total. The van der Waals surface area contributed by atoms with Crippen molar-refractivity contribution < 1.29 is 9.53 Å². The van der Waals surface area contributed by atoms with Crippen LogP contribution in [0, 0.1) is 0 Å². The number of amides is 1. The molecule has 0 aromatic heterocycles. The lowest BCUT2D eigenvalue weighted by Gasteiger charge is -2.30. The number of carbonyl (C=O) groups is 1. The van der Waals surface area contributed by atoms with E-state index in [1.165, 1.54) is 0 Å². The van der Waals surface area contributed by atoms with Crippen molar-refractivity contribution in [2.24, 2.45) is 20.0 Å². The molecule has 0 radical (unpaired) electrons. The van der Waals surface area contributed by atoms with Gasteiger partial charge in [-0.3, -0.25) is 9.79 Å². The number of carbonyl (C=O) groups excluding carboxylic acids is 1. The molecule has 0 bridgehead atoms. The van der Waals surface area contributed by atoms with E-state index < -0.39 is 0 Å². The van der Waals surface area contributed by atoms with Crippen molar-refractivity contribution in [3.05, 3.63) is 29.8 Å². The number of unbranched alkanes of at least 4 members (excludes halogenated alkanes) is 1. The van der Waals surface area contributed by atoms with Crippen LogP contribution in [0.5, 0.6) is 0 Å². The molecule has 3 unspecified atom stereocenters. The smallest absolute Gasteiger partial charge is 0.265 e. The van der Waals surface area contributed by atoms with Crippen LogP contribution in [-0.2, 0) is 9.53 Å². The van der Waals surface area contributed by atoms with Crippen molar-refractivity contribution >= 4 is 35.8 Å². The number of hydrogen-bond acceptors (Lipinski definition) is 8. The summed E-state index contributed by atoms with van der Waals surface area (Å²) >= 11 is 0. The minimum absolute atomic E-state index is 0.0500. The minimum atomic E-state index is -0.199. The second kappa shape index (κ2) is 11.9. The lowest BCUT2D eigenvalue weighted by Crippen LogP contribution is -2.40. The molecule has 3 atom stereocenters. The fourth-order valence-corrected chi connectivity index (χ4v) is 4.42. The van der Waals surface area contributed by atoms with E-state index in [0.717, 1.165) is 49.3 Å². The van der Waals surface area contributed by atoms with Gasteiger partial charge in [0.1, 0.15) is 24.1 Å². The number of fused-ring (bicyclic) bond motifs is 1. The molecule has 0 spiro atoms. The van der Waals surface area contributed by atoms with Gasteiger partial charge in [0.15, 0.2) is 0 Å². The van der Waals surface area contributed by atoms with Crippen LogP contribution in [0.25, 0.3) is 0 Å². The van der Waals surface area contributed by atoms with Gasteiger partial charge < -0.3 is 20.3 Å². The minimum Gasteiger partial charge on any atom is -0.371 e. The third-order valence-corrected chi connectivity index (χ3v) is 6.33. The van der Waals surface area contributed by atoms with Crippen molar-refractivity contribution in [2.75, 3.05) is 26.2 Å². The third-order valence-electron chi connectivity index (χ3n) is 6.33. The summed E-state index contributed by atoms with van der Waals surface area (Å²) in [7, 11) is 0. The second-order valence-electron chi connectivity index (χ2n) is 8.86. The number of likely N-dealkylation sites (tertiary alicyclic amines) is 1. The fraction of sp³-hybridized carbons (Fsp3) is 0.560. The first kappa shape index (κ1) is 24.1. The molecule has 1 aromatic carbocycles. The topological polar surface area (TPSA) is 103 Å². The molecule has 182 valence electrons. The van der Waals surface area contributed by atoms with Gasteiger partial charge in [-0.25, -0.2) is 15.0 Å². The maximum absolute atomic E-state index is 12.7. The summed E-state index contributed by atoms with van der Waals surface area (Å²) in [5, 5.41) is 6.09. The van der Waals surface area contributed by atoms with E-state index in [2.05, 4.69) is 42.4 Å². The van der Waals surface area contributed by atoms with Gasteiger partial charge in [-0.15, -0.1) is 0 Å². The lowest BCUT2D eigenvalue weighted by atomic mass is 9.97. The van der Waals surface area contributed by atoms with Crippen molar-refractivity contribution in [3.8, 4) is 0 Å². The normalized spacial score (nSPS) is 24.3. The molecule has 3 heterocycles. The Morgan fingerprint density at radius 3 is 3.09 bits per heavy atom. The molecule has 4 rings (SSSR count). The summed E-state index contributed by atoms with van der Waals surface area (Å²) < 4.78 is 6.48. The Kier molecular flexibility index (Phi) is 8.41. The molecule has 1 aromatic rings. The van der Waals surface area contributed by atoms with Gasteiger partial charge in [-0.2, -0.15) is 0 Å². The molecule has 0 saturated carbocycles. The van der Waals surface area contributed by atoms with Crippen molar-refractivity contribution in [3.63, 3.8) is 0 Å². The molecule has 9 nitrogen and oxygen atoms in total. The van der Waals surface area contributed by atoms with Gasteiger partial charge in [-0.05, 0) is 32.3 Å². The molecule has 1 saturated heterocycles. The molecule has 1 amide bonds. The highest BCUT2D eigenvalue weighted by molar-refractivity contribution is 6.39. The number of amidine groups is 1. The van der Waals surface area contributed by atoms with Crippen LogP contribution in [-0.4, -0.2) is 73.5 Å². The zero-order chi connectivity index (χ0) is 23.8. The number of para-hydroxylation sites is 1. The molecule has 1 fully saturated rings. The number of ether oxygens (including phenoxy) is 1. The Hall–Kier alpha value is -3.07. The Morgan fingerprint density at radius 1 is 1.32 bits per heavy atom. The number of nitrogens with one attached hydrogen (secondary N) is 2. The quantitative estimate of drug-likeness (QED) is 0.604. The summed E-state index contributed by atoms with van der Waals surface area (Å²) in [5.41, 5.74) is 2.39. The maximum atomic E-state index is 12.7. The number of benzene rings is 1. The molecule has 9 heteroatoms. The Bertz CT molecular complexity index is 972. The monoisotopic (exact) mass is 465 g/mol. The molecule has 3 aliphatic heterocycles. The predicted molar refractivity (Wildman–Crippen MR) is 136 cm³/mol. The number of rotatable bonds is 7. The standard InChI is InChI=1S/C25H35N7O2/c1-3-4-11-27-25(33)22-13-23(20-9-5-6-10-21(20)31-22)34-15-19-8-7-12-32(19)24-14-26-16-28-18(2)29-17-30-24/h5-6,9-10,16-19,23H,3-4,7-8,11-15H2,1-2H3,(H,26,28)(H,27,33). The summed E-state index contributed by atoms with van der Waals surface area (Å²) in [5.74, 6) is 0.808. The van der Waals surface area contributed by atoms with Gasteiger partial charge in [-0.1, -0.05) is 31.5 Å². The zero-order valence-corrected chi connectivity index (χ0v) is 20.1. The largest absolute Gasteiger partial charge is 0.371 e. The van der Waals surface area contributed by atoms with Crippen LogP contribution in [0.3, 0.4) is 0 Å². The predicted octanol–water partition coefficient (Wildman–Crippen LogP) is 3.01. The molecular formula is C25H35N7O2. The molecule has 0 aliphatic carbocycles. The fourth-order valence-electron chi connectivity index (χ4n) is 4.42. The van der Waals surface area contributed by atoms with E-state index in [1.54, 1.807) is 12.7 Å². The zero-order valence-electron chi connectivity index (χ0n) is 20.1. The summed E-state index contributed by atoms with van der Waals surface area (Å²) in [6, 6.07) is 8.15. The van der Waals surface area contributed by atoms with Crippen LogP contribution >= 0.6 is 0 Å². The van der Waals surface area contributed by atoms with Gasteiger partial charge in [0.25, 0.3) is 5.91 Å². The number of nitrogens with zero attached hydrogens (tertiary/aromatic N) is 5. The van der Waals surface area contributed by atoms with E-state index in [4.69, 9.17) is 4.74 Å². The average Bonchev–Trinajstić information content (AvgIpc) is 3.35. The Morgan fingerprint density at radius 2 is 2.21 bits per heavy atom. The van der Waals surface area contributed by atoms with Crippen LogP contribution < -0.4 is 10.6 Å². The van der Waals surface area contributed by atoms with Crippen LogP contribution in [0.4, 0.5) is 5.69 Å². The van der Waals surface area contributed by atoms with E-state index in [-0.39, 0.29) is 24.2 Å². The molecule has 3 aliphatic rings. The second-order valence-corrected chi connectivity index (χ2v) is 8.86. The van der Waals surface area contributed by atoms with E-state index >= 15 is 0 Å². The Balaban J connectivity index is 1.43. The molecular weight excluding hydrogens is 430 g/mol. The van der Waals surface area contributed by atoms with Crippen LogP contribution in [0.15, 0.2) is 44.2 Å². The number of aliphatic imine (C=N–C) groups is 4. The van der Waals surface area contributed by atoms with E-state index in [1.807, 2.05) is 31.2 Å². The summed E-state index contributed by atoms with van der Waals surface area (Å²) in [6.45, 7) is 6.71. The van der Waals surface area contributed by atoms with Gasteiger partial charge in [0, 0.05) is 25.1 Å². The highest BCUT2D eigenvalue weighted by atomic mass is 16.5. The van der Waals surface area contributed by atoms with Crippen molar-refractivity contribution in [1.82, 2.24) is 15.5 Å². The van der Waals surface area contributed by atoms with E-state index in [9.17, 15) is 4.79 Å². The third kappa shape index (κ3) is 6.08. The first-order valence-electron chi connectivity index (χ1n) is 12.3. The van der Waals surface area contributed by atoms with Crippen molar-refractivity contribution in [2.45, 2.75) is 64.3 Å². The molecule has 34 heavy (non-hydrogen) atoms. The van der Waals surface area contributed by atoms with Gasteiger partial charge in [0.05, 0.1) is 37.3 Å². The SMILES string of the molecule is CCCCNC(=O)C1=Nc2ccccc2C(OCC2CCCN2C2=NC=NC(C)NC=NC2)C1. The highest BCUT2D eigenvalue weighted by Gasteiger charge is 2.31. The average molecular weight is 466 g/mol. The number of hydrogen-bond donors (Lipinski definition) is 2. The van der Waals surface area contributed by atoms with Crippen LogP contribution in [0.2, 0.25) is 0 Å². The maximum Gasteiger partial charge on any atom is 0.265 e. The van der Waals surface area contributed by atoms with E-state index in [0.29, 0.717) is 31.8 Å². The summed E-state index contributed by atoms with van der Waals surface area (Å²) in [6.07, 6.45) is 7.66. The first-order valence-corrected chi connectivity index (χ1v) is 12.3. The Labute approximate surface area is 201 Å². The summed E-state index contributed by atoms with van der Waals surface area (Å²) in [4.78, 5) is 33.0. The first-order chi connectivity index (χ1) is 16.7. The lowest BCUT2D eigenvalue weighted by molar-refractivity contribution is -0.115. The van der Waals surface area contributed by atoms with Gasteiger partial charge in [0.2, 0.25) is 0 Å². The van der Waals surface area contributed by atoms with Crippen molar-refractivity contribution in [1.29, 1.82) is 0 Å². The highest BCUT2D eigenvalue weighted by Crippen LogP contribution is 2.36. The van der Waals surface area contributed by atoms with Gasteiger partial charge >= 0.3 is 0 Å².